The van der Waals surface area contributed by atoms with Gasteiger partial charge in [0.2, 0.25) is 0 Å². The van der Waals surface area contributed by atoms with Crippen LogP contribution in [-0.4, -0.2) is 54.6 Å². The zero-order valence-electron chi connectivity index (χ0n) is 17.1. The molecule has 6 heteroatoms. The van der Waals surface area contributed by atoms with Gasteiger partial charge in [0.05, 0.1) is 12.8 Å². The highest BCUT2D eigenvalue weighted by Crippen LogP contribution is 2.14. The van der Waals surface area contributed by atoms with Crippen molar-refractivity contribution in [3.05, 3.63) is 70.2 Å². The second kappa shape index (κ2) is 10.5. The summed E-state index contributed by atoms with van der Waals surface area (Å²) in [6.07, 6.45) is 1.69. The van der Waals surface area contributed by atoms with Crippen LogP contribution in [0.4, 0.5) is 0 Å². The van der Waals surface area contributed by atoms with Gasteiger partial charge in [-0.3, -0.25) is 14.6 Å². The van der Waals surface area contributed by atoms with Crippen LogP contribution in [0.1, 0.15) is 36.5 Å². The number of nitrogens with one attached hydrogen (secondary N) is 1. The Morgan fingerprint density at radius 1 is 1.03 bits per heavy atom. The number of hydrazone groups is 1. The standard InChI is InChI=1S/C23H29ClN4O/c1-18(2)21-7-3-19(4-8-21)15-25-26-23(29)17-28-13-11-27(12-14-28)16-20-5-9-22(24)10-6-20/h3-10,15,18H,11-14,16-17H2,1-2H3,(H,26,29)/b25-15+. The first-order valence-electron chi connectivity index (χ1n) is 10.1. The Morgan fingerprint density at radius 3 is 2.28 bits per heavy atom. The van der Waals surface area contributed by atoms with E-state index in [0.29, 0.717) is 12.5 Å². The molecule has 2 aromatic carbocycles. The molecular formula is C23H29ClN4O. The van der Waals surface area contributed by atoms with Gasteiger partial charge in [0.15, 0.2) is 0 Å². The van der Waals surface area contributed by atoms with Gasteiger partial charge < -0.3 is 0 Å². The van der Waals surface area contributed by atoms with E-state index in [1.165, 1.54) is 11.1 Å². The third kappa shape index (κ3) is 6.96. The molecule has 1 aliphatic rings. The Morgan fingerprint density at radius 2 is 1.66 bits per heavy atom. The molecule has 1 saturated heterocycles. The molecule has 0 unspecified atom stereocenters. The van der Waals surface area contributed by atoms with Gasteiger partial charge >= 0.3 is 0 Å². The van der Waals surface area contributed by atoms with Crippen molar-refractivity contribution >= 4 is 23.7 Å². The molecule has 1 aliphatic heterocycles. The van der Waals surface area contributed by atoms with E-state index in [4.69, 9.17) is 11.6 Å². The highest BCUT2D eigenvalue weighted by molar-refractivity contribution is 6.30. The summed E-state index contributed by atoms with van der Waals surface area (Å²) in [5, 5.41) is 4.85. The van der Waals surface area contributed by atoms with Crippen molar-refractivity contribution < 1.29 is 4.79 Å². The van der Waals surface area contributed by atoms with Gasteiger partial charge in [-0.15, -0.1) is 0 Å². The maximum absolute atomic E-state index is 12.2. The molecule has 0 saturated carbocycles. The maximum Gasteiger partial charge on any atom is 0.254 e. The second-order valence-electron chi connectivity index (χ2n) is 7.79. The van der Waals surface area contributed by atoms with Crippen molar-refractivity contribution in [1.29, 1.82) is 0 Å². The van der Waals surface area contributed by atoms with Crippen LogP contribution in [0.25, 0.3) is 0 Å². The molecule has 29 heavy (non-hydrogen) atoms. The quantitative estimate of drug-likeness (QED) is 0.556. The molecule has 154 valence electrons. The van der Waals surface area contributed by atoms with E-state index in [9.17, 15) is 4.79 Å². The monoisotopic (exact) mass is 412 g/mol. The molecular weight excluding hydrogens is 384 g/mol. The molecule has 1 amide bonds. The van der Waals surface area contributed by atoms with Crippen LogP contribution >= 0.6 is 11.6 Å². The Kier molecular flexibility index (Phi) is 7.81. The first kappa shape index (κ1) is 21.5. The Hall–Kier alpha value is -2.21. The number of hydrogen-bond donors (Lipinski definition) is 1. The van der Waals surface area contributed by atoms with Crippen molar-refractivity contribution in [2.24, 2.45) is 5.10 Å². The van der Waals surface area contributed by atoms with Gasteiger partial charge in [0.1, 0.15) is 0 Å². The average molecular weight is 413 g/mol. The van der Waals surface area contributed by atoms with E-state index in [2.05, 4.69) is 58.4 Å². The largest absolute Gasteiger partial charge is 0.297 e. The summed E-state index contributed by atoms with van der Waals surface area (Å²) in [6.45, 7) is 9.27. The zero-order valence-corrected chi connectivity index (χ0v) is 17.9. The van der Waals surface area contributed by atoms with E-state index in [0.717, 1.165) is 43.3 Å². The Labute approximate surface area is 178 Å². The molecule has 5 nitrogen and oxygen atoms in total. The molecule has 0 aliphatic carbocycles. The first-order valence-corrected chi connectivity index (χ1v) is 10.5. The molecule has 2 aromatic rings. The van der Waals surface area contributed by atoms with E-state index in [-0.39, 0.29) is 5.91 Å². The lowest BCUT2D eigenvalue weighted by Crippen LogP contribution is -2.48. The van der Waals surface area contributed by atoms with Crippen molar-refractivity contribution in [1.82, 2.24) is 15.2 Å². The smallest absolute Gasteiger partial charge is 0.254 e. The van der Waals surface area contributed by atoms with E-state index < -0.39 is 0 Å². The lowest BCUT2D eigenvalue weighted by Gasteiger charge is -2.34. The second-order valence-corrected chi connectivity index (χ2v) is 8.23. The number of amides is 1. The number of piperazine rings is 1. The van der Waals surface area contributed by atoms with Gasteiger partial charge in [0, 0.05) is 37.7 Å². The lowest BCUT2D eigenvalue weighted by molar-refractivity contribution is -0.122. The topological polar surface area (TPSA) is 47.9 Å². The normalized spacial score (nSPS) is 15.9. The number of carbonyl (C=O) groups excluding carboxylic acids is 1. The summed E-state index contributed by atoms with van der Waals surface area (Å²) in [6, 6.07) is 16.2. The van der Waals surface area contributed by atoms with Crippen LogP contribution in [0.3, 0.4) is 0 Å². The number of rotatable bonds is 7. The summed E-state index contributed by atoms with van der Waals surface area (Å²) in [7, 11) is 0. The third-order valence-corrected chi connectivity index (χ3v) is 5.41. The Bertz CT molecular complexity index is 810. The molecule has 1 heterocycles. The zero-order chi connectivity index (χ0) is 20.6. The van der Waals surface area contributed by atoms with Crippen LogP contribution in [-0.2, 0) is 11.3 Å². The fraction of sp³-hybridized carbons (Fsp3) is 0.391. The van der Waals surface area contributed by atoms with E-state index in [1.807, 2.05) is 24.3 Å². The predicted molar refractivity (Wildman–Crippen MR) is 119 cm³/mol. The summed E-state index contributed by atoms with van der Waals surface area (Å²) in [4.78, 5) is 16.7. The minimum atomic E-state index is -0.0776. The number of carbonyl (C=O) groups is 1. The molecule has 0 aromatic heterocycles. The number of halogens is 1. The minimum Gasteiger partial charge on any atom is -0.297 e. The number of nitrogens with zero attached hydrogens (tertiary/aromatic N) is 3. The van der Waals surface area contributed by atoms with Crippen LogP contribution < -0.4 is 5.43 Å². The molecule has 1 N–H and O–H groups in total. The van der Waals surface area contributed by atoms with Crippen LogP contribution in [0.15, 0.2) is 53.6 Å². The fourth-order valence-electron chi connectivity index (χ4n) is 3.34. The van der Waals surface area contributed by atoms with E-state index in [1.54, 1.807) is 6.21 Å². The van der Waals surface area contributed by atoms with Crippen LogP contribution in [0.5, 0.6) is 0 Å². The van der Waals surface area contributed by atoms with Crippen LogP contribution in [0, 0.1) is 0 Å². The number of hydrogen-bond acceptors (Lipinski definition) is 4. The summed E-state index contributed by atoms with van der Waals surface area (Å²) >= 11 is 5.94. The van der Waals surface area contributed by atoms with Gasteiger partial charge in [-0.25, -0.2) is 5.43 Å². The minimum absolute atomic E-state index is 0.0776. The van der Waals surface area contributed by atoms with Crippen molar-refractivity contribution in [3.63, 3.8) is 0 Å². The average Bonchev–Trinajstić information content (AvgIpc) is 2.71. The van der Waals surface area contributed by atoms with Gasteiger partial charge in [-0.1, -0.05) is 61.8 Å². The highest BCUT2D eigenvalue weighted by Gasteiger charge is 2.18. The van der Waals surface area contributed by atoms with Crippen molar-refractivity contribution in [3.8, 4) is 0 Å². The third-order valence-electron chi connectivity index (χ3n) is 5.16. The summed E-state index contributed by atoms with van der Waals surface area (Å²) in [5.74, 6) is 0.429. The molecule has 0 atom stereocenters. The van der Waals surface area contributed by atoms with E-state index >= 15 is 0 Å². The number of benzene rings is 2. The molecule has 1 fully saturated rings. The Balaban J connectivity index is 1.37. The van der Waals surface area contributed by atoms with Gasteiger partial charge in [-0.05, 0) is 34.7 Å². The lowest BCUT2D eigenvalue weighted by atomic mass is 10.0. The maximum atomic E-state index is 12.2. The first-order chi connectivity index (χ1) is 14.0. The van der Waals surface area contributed by atoms with Gasteiger partial charge in [-0.2, -0.15) is 5.10 Å². The SMILES string of the molecule is CC(C)c1ccc(/C=N/NC(=O)CN2CCN(Cc3ccc(Cl)cc3)CC2)cc1. The molecule has 0 bridgehead atoms. The van der Waals surface area contributed by atoms with Crippen LogP contribution in [0.2, 0.25) is 5.02 Å². The molecule has 0 radical (unpaired) electrons. The molecule has 3 rings (SSSR count). The van der Waals surface area contributed by atoms with Crippen molar-refractivity contribution in [2.75, 3.05) is 32.7 Å². The summed E-state index contributed by atoms with van der Waals surface area (Å²) in [5.41, 5.74) is 6.17. The van der Waals surface area contributed by atoms with Crippen molar-refractivity contribution in [2.45, 2.75) is 26.3 Å². The molecule has 0 spiro atoms. The summed E-state index contributed by atoms with van der Waals surface area (Å²) < 4.78 is 0. The van der Waals surface area contributed by atoms with Gasteiger partial charge in [0.25, 0.3) is 5.91 Å². The fourth-order valence-corrected chi connectivity index (χ4v) is 3.46. The predicted octanol–water partition coefficient (Wildman–Crippen LogP) is 3.73. The highest BCUT2D eigenvalue weighted by atomic mass is 35.5.